The molecule has 0 saturated heterocycles. The van der Waals surface area contributed by atoms with Gasteiger partial charge in [0.25, 0.3) is 0 Å². The third kappa shape index (κ3) is 3.65. The Balaban J connectivity index is 2.27. The number of ether oxygens (including phenoxy) is 1. The number of benzene rings is 1. The molecular formula is C14H17F3N2OS. The van der Waals surface area contributed by atoms with Gasteiger partial charge >= 0.3 is 6.18 Å². The summed E-state index contributed by atoms with van der Waals surface area (Å²) in [5.41, 5.74) is 4.79. The van der Waals surface area contributed by atoms with Gasteiger partial charge in [-0.1, -0.05) is 12.2 Å². The van der Waals surface area contributed by atoms with Crippen LogP contribution in [-0.4, -0.2) is 24.2 Å². The van der Waals surface area contributed by atoms with Crippen LogP contribution < -0.4 is 11.1 Å². The second-order valence-electron chi connectivity index (χ2n) is 5.08. The molecule has 2 unspecified atom stereocenters. The molecule has 0 bridgehead atoms. The van der Waals surface area contributed by atoms with Crippen molar-refractivity contribution in [2.75, 3.05) is 12.4 Å². The van der Waals surface area contributed by atoms with Gasteiger partial charge in [0, 0.05) is 18.4 Å². The molecule has 3 N–H and O–H groups in total. The first-order valence-electron chi connectivity index (χ1n) is 6.63. The maximum Gasteiger partial charge on any atom is 0.417 e. The van der Waals surface area contributed by atoms with Crippen LogP contribution in [0.25, 0.3) is 0 Å². The van der Waals surface area contributed by atoms with Gasteiger partial charge in [0.1, 0.15) is 4.99 Å². The number of anilines is 1. The summed E-state index contributed by atoms with van der Waals surface area (Å²) in [6.07, 6.45) is -1.70. The van der Waals surface area contributed by atoms with Crippen LogP contribution >= 0.6 is 12.2 Å². The van der Waals surface area contributed by atoms with E-state index in [-0.39, 0.29) is 22.7 Å². The first kappa shape index (κ1) is 16.0. The highest BCUT2D eigenvalue weighted by Crippen LogP contribution is 2.34. The van der Waals surface area contributed by atoms with E-state index in [4.69, 9.17) is 10.5 Å². The van der Waals surface area contributed by atoms with Crippen molar-refractivity contribution in [1.82, 2.24) is 0 Å². The molecule has 1 saturated carbocycles. The Hall–Kier alpha value is -1.34. The fourth-order valence-corrected chi connectivity index (χ4v) is 2.85. The van der Waals surface area contributed by atoms with Crippen molar-refractivity contribution in [2.24, 2.45) is 5.73 Å². The van der Waals surface area contributed by atoms with Gasteiger partial charge in [0.05, 0.1) is 17.7 Å². The number of hydrogen-bond donors (Lipinski definition) is 2. The average molecular weight is 318 g/mol. The maximum atomic E-state index is 13.1. The Bertz CT molecular complexity index is 533. The maximum absolute atomic E-state index is 13.1. The van der Waals surface area contributed by atoms with Crippen LogP contribution in [0.5, 0.6) is 0 Å². The van der Waals surface area contributed by atoms with Crippen LogP contribution in [-0.2, 0) is 10.9 Å². The Morgan fingerprint density at radius 2 is 2.10 bits per heavy atom. The van der Waals surface area contributed by atoms with Crippen molar-refractivity contribution >= 4 is 22.9 Å². The molecule has 21 heavy (non-hydrogen) atoms. The van der Waals surface area contributed by atoms with Gasteiger partial charge in [0.15, 0.2) is 0 Å². The van der Waals surface area contributed by atoms with Gasteiger partial charge < -0.3 is 15.8 Å². The molecule has 0 amide bonds. The summed E-state index contributed by atoms with van der Waals surface area (Å²) in [5.74, 6) is 0. The molecule has 2 atom stereocenters. The largest absolute Gasteiger partial charge is 0.417 e. The van der Waals surface area contributed by atoms with Crippen molar-refractivity contribution < 1.29 is 17.9 Å². The number of rotatable bonds is 4. The molecule has 7 heteroatoms. The summed E-state index contributed by atoms with van der Waals surface area (Å²) in [5, 5.41) is 3.11. The van der Waals surface area contributed by atoms with Gasteiger partial charge in [-0.15, -0.1) is 0 Å². The topological polar surface area (TPSA) is 47.3 Å². The first-order chi connectivity index (χ1) is 9.82. The normalized spacial score (nSPS) is 22.3. The quantitative estimate of drug-likeness (QED) is 0.836. The van der Waals surface area contributed by atoms with Crippen molar-refractivity contribution in [3.63, 3.8) is 0 Å². The van der Waals surface area contributed by atoms with Gasteiger partial charge in [-0.3, -0.25) is 0 Å². The third-order valence-corrected chi connectivity index (χ3v) is 3.92. The number of nitrogens with two attached hydrogens (primary N) is 1. The van der Waals surface area contributed by atoms with Gasteiger partial charge in [-0.05, 0) is 37.5 Å². The lowest BCUT2D eigenvalue weighted by molar-refractivity contribution is -0.137. The highest BCUT2D eigenvalue weighted by atomic mass is 32.1. The van der Waals surface area contributed by atoms with Crippen LogP contribution in [0.15, 0.2) is 18.2 Å². The third-order valence-electron chi connectivity index (χ3n) is 3.70. The van der Waals surface area contributed by atoms with E-state index in [0.29, 0.717) is 5.69 Å². The molecule has 3 nitrogen and oxygen atoms in total. The summed E-state index contributed by atoms with van der Waals surface area (Å²) in [4.78, 5) is -0.260. The molecule has 116 valence electrons. The highest BCUT2D eigenvalue weighted by molar-refractivity contribution is 7.80. The minimum absolute atomic E-state index is 0.0201. The van der Waals surface area contributed by atoms with E-state index in [2.05, 4.69) is 17.5 Å². The van der Waals surface area contributed by atoms with E-state index in [0.717, 1.165) is 25.3 Å². The standard InChI is InChI=1S/C14H17F3N2OS/c1-20-12-4-2-3-11(12)19-8-5-6-9(13(18)21)10(7-8)14(15,16)17/h5-7,11-12,19H,2-4H2,1H3,(H2,18,21). The predicted molar refractivity (Wildman–Crippen MR) is 79.4 cm³/mol. The molecular weight excluding hydrogens is 301 g/mol. The van der Waals surface area contributed by atoms with Crippen molar-refractivity contribution in [3.8, 4) is 0 Å². The molecule has 1 aromatic carbocycles. The monoisotopic (exact) mass is 318 g/mol. The SMILES string of the molecule is COC1CCCC1Nc1ccc(C(N)=S)c(C(F)(F)F)c1. The van der Waals surface area contributed by atoms with Gasteiger partial charge in [-0.2, -0.15) is 13.2 Å². The minimum Gasteiger partial charge on any atom is -0.389 e. The summed E-state index contributed by atoms with van der Waals surface area (Å²) in [7, 11) is 1.61. The smallest absolute Gasteiger partial charge is 0.389 e. The lowest BCUT2D eigenvalue weighted by Crippen LogP contribution is -2.30. The van der Waals surface area contributed by atoms with E-state index in [9.17, 15) is 13.2 Å². The Labute approximate surface area is 126 Å². The molecule has 1 aromatic rings. The molecule has 0 aliphatic heterocycles. The molecule has 0 spiro atoms. The first-order valence-corrected chi connectivity index (χ1v) is 7.04. The molecule has 0 aromatic heterocycles. The van der Waals surface area contributed by atoms with Crippen LogP contribution in [0.3, 0.4) is 0 Å². The van der Waals surface area contributed by atoms with Crippen LogP contribution in [0.2, 0.25) is 0 Å². The van der Waals surface area contributed by atoms with E-state index in [1.807, 2.05) is 0 Å². The molecule has 1 aliphatic carbocycles. The lowest BCUT2D eigenvalue weighted by atomic mass is 10.1. The fourth-order valence-electron chi connectivity index (χ4n) is 2.67. The molecule has 0 radical (unpaired) electrons. The number of halogens is 3. The molecule has 2 rings (SSSR count). The number of nitrogens with one attached hydrogen (secondary N) is 1. The van der Waals surface area contributed by atoms with Crippen LogP contribution in [0, 0.1) is 0 Å². The Morgan fingerprint density at radius 1 is 1.38 bits per heavy atom. The van der Waals surface area contributed by atoms with E-state index < -0.39 is 11.7 Å². The number of thiocarbonyl (C=S) groups is 1. The zero-order valence-electron chi connectivity index (χ0n) is 11.5. The zero-order valence-corrected chi connectivity index (χ0v) is 12.4. The van der Waals surface area contributed by atoms with Gasteiger partial charge in [0.2, 0.25) is 0 Å². The van der Waals surface area contributed by atoms with Crippen LogP contribution in [0.4, 0.5) is 18.9 Å². The molecule has 1 fully saturated rings. The second kappa shape index (κ2) is 6.19. The second-order valence-corrected chi connectivity index (χ2v) is 5.52. The number of hydrogen-bond acceptors (Lipinski definition) is 3. The summed E-state index contributed by atoms with van der Waals surface area (Å²) >= 11 is 4.68. The Kier molecular flexibility index (Phi) is 4.73. The van der Waals surface area contributed by atoms with E-state index in [1.54, 1.807) is 13.2 Å². The van der Waals surface area contributed by atoms with Crippen molar-refractivity contribution in [3.05, 3.63) is 29.3 Å². The summed E-state index contributed by atoms with van der Waals surface area (Å²) in [6, 6.07) is 3.95. The molecule has 1 aliphatic rings. The molecule has 0 heterocycles. The average Bonchev–Trinajstić information content (AvgIpc) is 2.84. The van der Waals surface area contributed by atoms with Crippen LogP contribution in [0.1, 0.15) is 30.4 Å². The van der Waals surface area contributed by atoms with Crippen molar-refractivity contribution in [2.45, 2.75) is 37.6 Å². The Morgan fingerprint density at radius 3 is 2.67 bits per heavy atom. The number of alkyl halides is 3. The lowest BCUT2D eigenvalue weighted by Gasteiger charge is -2.22. The minimum atomic E-state index is -4.49. The predicted octanol–water partition coefficient (Wildman–Crippen LogP) is 3.32. The summed E-state index contributed by atoms with van der Waals surface area (Å²) in [6.45, 7) is 0. The summed E-state index contributed by atoms with van der Waals surface area (Å²) < 4.78 is 44.6. The van der Waals surface area contributed by atoms with E-state index in [1.165, 1.54) is 6.07 Å². The number of methoxy groups -OCH3 is 1. The zero-order chi connectivity index (χ0) is 15.6. The van der Waals surface area contributed by atoms with E-state index >= 15 is 0 Å². The fraction of sp³-hybridized carbons (Fsp3) is 0.500. The van der Waals surface area contributed by atoms with Crippen molar-refractivity contribution in [1.29, 1.82) is 0 Å². The van der Waals surface area contributed by atoms with Gasteiger partial charge in [-0.25, -0.2) is 0 Å². The highest BCUT2D eigenvalue weighted by Gasteiger charge is 2.35.